The Balaban J connectivity index is 0.000000847. The van der Waals surface area contributed by atoms with Crippen molar-refractivity contribution in [3.8, 4) is 0 Å². The number of rotatable bonds is 2. The molecule has 4 nitrogen and oxygen atoms in total. The highest BCUT2D eigenvalue weighted by Crippen LogP contribution is 2.33. The summed E-state index contributed by atoms with van der Waals surface area (Å²) in [6.07, 6.45) is 1.61. The standard InChI is InChI=1S/C14H15ClN2O2S.C2H6/c1-9-7-17(8-9)20(18,19)12-5-3-4-11-13(12)10(2)6-16-14(11)15;1-2/h3-6,9H,7-8H2,1-2H3;1-2H3. The molecule has 0 aliphatic carbocycles. The van der Waals surface area contributed by atoms with E-state index in [4.69, 9.17) is 11.6 Å². The maximum Gasteiger partial charge on any atom is 0.243 e. The van der Waals surface area contributed by atoms with Gasteiger partial charge in [0.2, 0.25) is 10.0 Å². The Labute approximate surface area is 137 Å². The molecule has 1 aliphatic rings. The van der Waals surface area contributed by atoms with Gasteiger partial charge in [0.25, 0.3) is 0 Å². The molecular weight excluding hydrogens is 320 g/mol. The predicted molar refractivity (Wildman–Crippen MR) is 90.8 cm³/mol. The van der Waals surface area contributed by atoms with Gasteiger partial charge in [0, 0.05) is 30.1 Å². The molecule has 3 rings (SSSR count). The van der Waals surface area contributed by atoms with Gasteiger partial charge in [-0.1, -0.05) is 44.5 Å². The van der Waals surface area contributed by atoms with Crippen LogP contribution in [0.3, 0.4) is 0 Å². The number of halogens is 1. The first-order valence-electron chi connectivity index (χ1n) is 7.45. The Morgan fingerprint density at radius 3 is 2.50 bits per heavy atom. The fourth-order valence-electron chi connectivity index (χ4n) is 2.59. The third-order valence-electron chi connectivity index (χ3n) is 3.66. The number of sulfonamides is 1. The van der Waals surface area contributed by atoms with Crippen molar-refractivity contribution in [3.63, 3.8) is 0 Å². The van der Waals surface area contributed by atoms with Crippen LogP contribution in [0.2, 0.25) is 5.15 Å². The summed E-state index contributed by atoms with van der Waals surface area (Å²) in [4.78, 5) is 4.40. The van der Waals surface area contributed by atoms with Gasteiger partial charge in [-0.3, -0.25) is 0 Å². The molecule has 0 unspecified atom stereocenters. The van der Waals surface area contributed by atoms with Crippen molar-refractivity contribution in [1.82, 2.24) is 9.29 Å². The Hall–Kier alpha value is -1.17. The van der Waals surface area contributed by atoms with Crippen molar-refractivity contribution < 1.29 is 8.42 Å². The van der Waals surface area contributed by atoms with E-state index < -0.39 is 10.0 Å². The van der Waals surface area contributed by atoms with Gasteiger partial charge < -0.3 is 0 Å². The average Bonchev–Trinajstić information content (AvgIpc) is 2.49. The summed E-state index contributed by atoms with van der Waals surface area (Å²) in [7, 11) is -3.45. The second-order valence-corrected chi connectivity index (χ2v) is 7.60. The van der Waals surface area contributed by atoms with E-state index in [2.05, 4.69) is 4.98 Å². The number of aryl methyl sites for hydroxylation is 1. The monoisotopic (exact) mass is 340 g/mol. The van der Waals surface area contributed by atoms with Crippen molar-refractivity contribution in [1.29, 1.82) is 0 Å². The van der Waals surface area contributed by atoms with E-state index in [0.29, 0.717) is 39.8 Å². The second kappa shape index (κ2) is 6.52. The molecule has 1 aromatic heterocycles. The van der Waals surface area contributed by atoms with Crippen LogP contribution in [-0.2, 0) is 10.0 Å². The van der Waals surface area contributed by atoms with Crippen LogP contribution in [0.15, 0.2) is 29.3 Å². The molecule has 120 valence electrons. The van der Waals surface area contributed by atoms with E-state index >= 15 is 0 Å². The number of benzene rings is 1. The SMILES string of the molecule is CC.Cc1cnc(Cl)c2cccc(S(=O)(=O)N3CC(C)C3)c12. The van der Waals surface area contributed by atoms with Crippen LogP contribution >= 0.6 is 11.6 Å². The molecule has 0 saturated carbocycles. The molecule has 1 aliphatic heterocycles. The highest BCUT2D eigenvalue weighted by atomic mass is 35.5. The highest BCUT2D eigenvalue weighted by molar-refractivity contribution is 7.89. The van der Waals surface area contributed by atoms with Crippen LogP contribution in [0.25, 0.3) is 10.8 Å². The van der Waals surface area contributed by atoms with Crippen LogP contribution in [0.5, 0.6) is 0 Å². The predicted octanol–water partition coefficient (Wildman–Crippen LogP) is 3.86. The number of hydrogen-bond donors (Lipinski definition) is 0. The largest absolute Gasteiger partial charge is 0.244 e. The first-order valence-corrected chi connectivity index (χ1v) is 9.27. The molecule has 1 fully saturated rings. The average molecular weight is 341 g/mol. The molecule has 0 amide bonds. The van der Waals surface area contributed by atoms with Crippen molar-refractivity contribution in [2.24, 2.45) is 5.92 Å². The number of pyridine rings is 1. The fourth-order valence-corrected chi connectivity index (χ4v) is 4.75. The molecule has 2 aromatic rings. The minimum Gasteiger partial charge on any atom is -0.244 e. The number of fused-ring (bicyclic) bond motifs is 1. The normalized spacial score (nSPS) is 16.0. The Bertz CT molecular complexity index is 784. The maximum atomic E-state index is 12.7. The van der Waals surface area contributed by atoms with Gasteiger partial charge in [0.1, 0.15) is 5.15 Å². The summed E-state index contributed by atoms with van der Waals surface area (Å²) < 4.78 is 26.9. The molecule has 0 atom stereocenters. The quantitative estimate of drug-likeness (QED) is 0.780. The van der Waals surface area contributed by atoms with Crippen molar-refractivity contribution in [2.45, 2.75) is 32.6 Å². The molecule has 0 N–H and O–H groups in total. The molecule has 1 aromatic carbocycles. The Morgan fingerprint density at radius 1 is 1.27 bits per heavy atom. The first-order chi connectivity index (χ1) is 10.4. The molecule has 0 radical (unpaired) electrons. The summed E-state index contributed by atoms with van der Waals surface area (Å²) in [5, 5.41) is 1.69. The lowest BCUT2D eigenvalue weighted by Crippen LogP contribution is -2.48. The van der Waals surface area contributed by atoms with E-state index in [0.717, 1.165) is 5.56 Å². The van der Waals surface area contributed by atoms with Gasteiger partial charge in [0.15, 0.2) is 0 Å². The van der Waals surface area contributed by atoms with Gasteiger partial charge in [-0.25, -0.2) is 13.4 Å². The molecule has 1 saturated heterocycles. The summed E-state index contributed by atoms with van der Waals surface area (Å²) in [6, 6.07) is 5.16. The molecule has 2 heterocycles. The first kappa shape index (κ1) is 17.2. The highest BCUT2D eigenvalue weighted by Gasteiger charge is 2.35. The lowest BCUT2D eigenvalue weighted by atomic mass is 10.1. The smallest absolute Gasteiger partial charge is 0.243 e. The summed E-state index contributed by atoms with van der Waals surface area (Å²) in [5.74, 6) is 0.422. The molecular formula is C16H21ClN2O2S. The van der Waals surface area contributed by atoms with Gasteiger partial charge in [-0.2, -0.15) is 4.31 Å². The van der Waals surface area contributed by atoms with Crippen molar-refractivity contribution in [2.75, 3.05) is 13.1 Å². The minimum atomic E-state index is -3.45. The van der Waals surface area contributed by atoms with Crippen LogP contribution in [0.4, 0.5) is 0 Å². The van der Waals surface area contributed by atoms with Crippen LogP contribution in [0, 0.1) is 12.8 Å². The zero-order valence-electron chi connectivity index (χ0n) is 13.3. The molecule has 0 bridgehead atoms. The zero-order chi connectivity index (χ0) is 16.5. The van der Waals surface area contributed by atoms with Crippen LogP contribution < -0.4 is 0 Å². The summed E-state index contributed by atoms with van der Waals surface area (Å²) in [6.45, 7) is 9.05. The molecule has 0 spiro atoms. The summed E-state index contributed by atoms with van der Waals surface area (Å²) in [5.41, 5.74) is 0.817. The van der Waals surface area contributed by atoms with Crippen molar-refractivity contribution >= 4 is 32.4 Å². The van der Waals surface area contributed by atoms with Crippen molar-refractivity contribution in [3.05, 3.63) is 35.1 Å². The van der Waals surface area contributed by atoms with E-state index in [1.807, 2.05) is 27.7 Å². The van der Waals surface area contributed by atoms with E-state index in [1.165, 1.54) is 4.31 Å². The third kappa shape index (κ3) is 2.85. The lowest BCUT2D eigenvalue weighted by molar-refractivity contribution is 0.218. The topological polar surface area (TPSA) is 50.3 Å². The number of nitrogens with zero attached hydrogens (tertiary/aromatic N) is 2. The fraction of sp³-hybridized carbons (Fsp3) is 0.438. The van der Waals surface area contributed by atoms with Gasteiger partial charge in [-0.05, 0) is 24.5 Å². The second-order valence-electron chi connectivity index (χ2n) is 5.34. The number of aromatic nitrogens is 1. The Morgan fingerprint density at radius 2 is 1.91 bits per heavy atom. The Kier molecular flexibility index (Phi) is 5.10. The van der Waals surface area contributed by atoms with Crippen LogP contribution in [-0.4, -0.2) is 30.8 Å². The summed E-state index contributed by atoms with van der Waals surface area (Å²) >= 11 is 6.08. The molecule has 6 heteroatoms. The third-order valence-corrected chi connectivity index (χ3v) is 5.84. The van der Waals surface area contributed by atoms with Gasteiger partial charge >= 0.3 is 0 Å². The minimum absolute atomic E-state index is 0.323. The zero-order valence-corrected chi connectivity index (χ0v) is 14.9. The van der Waals surface area contributed by atoms with Crippen LogP contribution in [0.1, 0.15) is 26.3 Å². The van der Waals surface area contributed by atoms with E-state index in [-0.39, 0.29) is 0 Å². The van der Waals surface area contributed by atoms with Gasteiger partial charge in [0.05, 0.1) is 4.90 Å². The van der Waals surface area contributed by atoms with Gasteiger partial charge in [-0.15, -0.1) is 0 Å². The number of hydrogen-bond acceptors (Lipinski definition) is 3. The maximum absolute atomic E-state index is 12.7. The lowest BCUT2D eigenvalue weighted by Gasteiger charge is -2.36. The van der Waals surface area contributed by atoms with E-state index in [9.17, 15) is 8.42 Å². The van der Waals surface area contributed by atoms with E-state index in [1.54, 1.807) is 24.4 Å². The molecule has 22 heavy (non-hydrogen) atoms.